The number of benzene rings is 2. The lowest BCUT2D eigenvalue weighted by molar-refractivity contribution is 0.0732. The van der Waals surface area contributed by atoms with Crippen molar-refractivity contribution in [2.24, 2.45) is 5.92 Å². The number of carbonyl (C=O) groups is 1. The highest BCUT2D eigenvalue weighted by Crippen LogP contribution is 2.60. The van der Waals surface area contributed by atoms with E-state index in [2.05, 4.69) is 5.32 Å². The lowest BCUT2D eigenvalue weighted by atomic mass is 9.94. The van der Waals surface area contributed by atoms with Crippen LogP contribution in [-0.2, 0) is 0 Å². The van der Waals surface area contributed by atoms with Crippen molar-refractivity contribution in [2.75, 3.05) is 31.6 Å². The maximum Gasteiger partial charge on any atom is 0.349 e. The van der Waals surface area contributed by atoms with Gasteiger partial charge in [0.25, 0.3) is 0 Å². The first-order valence-electron chi connectivity index (χ1n) is 14.8. The summed E-state index contributed by atoms with van der Waals surface area (Å²) in [6.07, 6.45) is 5.27. The van der Waals surface area contributed by atoms with Crippen LogP contribution < -0.4 is 25.1 Å². The Morgan fingerprint density at radius 3 is 2.34 bits per heavy atom. The van der Waals surface area contributed by atoms with Gasteiger partial charge in [-0.15, -0.1) is 0 Å². The monoisotopic (exact) mass is 649 g/mol. The van der Waals surface area contributed by atoms with Crippen LogP contribution in [-0.4, -0.2) is 62.9 Å². The van der Waals surface area contributed by atoms with Gasteiger partial charge in [-0.3, -0.25) is 4.79 Å². The van der Waals surface area contributed by atoms with Gasteiger partial charge in [0, 0.05) is 31.4 Å². The highest BCUT2D eigenvalue weighted by molar-refractivity contribution is 7.63. The van der Waals surface area contributed by atoms with Gasteiger partial charge in [-0.2, -0.15) is 0 Å². The number of ether oxygens (including phenoxy) is 2. The summed E-state index contributed by atoms with van der Waals surface area (Å²) >= 11 is 0. The molecule has 0 spiro atoms. The molecule has 2 aliphatic heterocycles. The predicted molar refractivity (Wildman–Crippen MR) is 168 cm³/mol. The number of pyridine rings is 1. The third-order valence-electron chi connectivity index (χ3n) is 8.30. The standard InChI is InChI=1S/C28H32FN3O8P2.C2H6/c1-39-26-23-19(11-21(29)24(26)31-12-16-3-2-10-30-22(16)14-31)25(33)20(13-32(23)17-6-7-17)27(34)40-18-8-4-15(5-9-18)28(41(35)36)42(37)38;1-2/h4-5,8-9,11,13,16-17,22,28,30,35-38H,2-3,6-7,10,12,14H2,1H3;1-2H3. The summed E-state index contributed by atoms with van der Waals surface area (Å²) in [5.74, 6) is -0.780. The van der Waals surface area contributed by atoms with E-state index in [1.165, 1.54) is 43.6 Å². The van der Waals surface area contributed by atoms with Gasteiger partial charge in [-0.1, -0.05) is 26.0 Å². The fraction of sp³-hybridized carbons (Fsp3) is 0.467. The molecule has 1 saturated carbocycles. The molecular weight excluding hydrogens is 611 g/mol. The van der Waals surface area contributed by atoms with Crippen LogP contribution in [0.1, 0.15) is 66.9 Å². The van der Waals surface area contributed by atoms with Gasteiger partial charge in [0.15, 0.2) is 28.3 Å². The highest BCUT2D eigenvalue weighted by Gasteiger charge is 2.38. The minimum atomic E-state index is -2.65. The first-order valence-corrected chi connectivity index (χ1v) is 17.4. The van der Waals surface area contributed by atoms with Crippen LogP contribution >= 0.6 is 16.8 Å². The third kappa shape index (κ3) is 6.35. The molecule has 1 aromatic heterocycles. The van der Waals surface area contributed by atoms with Gasteiger partial charge in [0.05, 0.1) is 18.0 Å². The van der Waals surface area contributed by atoms with Crippen molar-refractivity contribution in [1.82, 2.24) is 9.88 Å². The SMILES string of the molecule is CC.COc1c(N2CC3CCCNC3C2)c(F)cc2c(=O)c(C(=O)Oc3ccc(C(P(O)O)P(O)O)cc3)cn(C3CC3)c12. The Morgan fingerprint density at radius 1 is 1.07 bits per heavy atom. The molecule has 2 atom stereocenters. The van der Waals surface area contributed by atoms with Gasteiger partial charge < -0.3 is 43.8 Å². The number of hydrogen-bond acceptors (Lipinski definition) is 10. The van der Waals surface area contributed by atoms with Crippen LogP contribution in [0, 0.1) is 11.7 Å². The maximum absolute atomic E-state index is 15.8. The largest absolute Gasteiger partial charge is 0.492 e. The highest BCUT2D eigenvalue weighted by atomic mass is 31.2. The number of hydrogen-bond donors (Lipinski definition) is 5. The lowest BCUT2D eigenvalue weighted by Crippen LogP contribution is -2.40. The summed E-state index contributed by atoms with van der Waals surface area (Å²) < 4.78 is 28.9. The molecule has 3 heterocycles. The number of carbonyl (C=O) groups excluding carboxylic acids is 1. The third-order valence-corrected chi connectivity index (χ3v) is 11.0. The number of rotatable bonds is 8. The van der Waals surface area contributed by atoms with Gasteiger partial charge in [-0.25, -0.2) is 9.18 Å². The zero-order valence-electron chi connectivity index (χ0n) is 24.8. The number of methoxy groups -OCH3 is 1. The normalized spacial score (nSPS) is 19.8. The summed E-state index contributed by atoms with van der Waals surface area (Å²) in [5.41, 5.74) is 0.0832. The summed E-state index contributed by atoms with van der Waals surface area (Å²) in [4.78, 5) is 67.0. The molecule has 11 nitrogen and oxygen atoms in total. The van der Waals surface area contributed by atoms with E-state index in [-0.39, 0.29) is 40.1 Å². The number of esters is 1. The van der Waals surface area contributed by atoms with Crippen LogP contribution in [0.4, 0.5) is 10.1 Å². The fourth-order valence-electron chi connectivity index (χ4n) is 6.18. The van der Waals surface area contributed by atoms with Crippen molar-refractivity contribution >= 4 is 39.3 Å². The quantitative estimate of drug-likeness (QED) is 0.134. The molecule has 0 bridgehead atoms. The molecule has 14 heteroatoms. The van der Waals surface area contributed by atoms with Crippen LogP contribution in [0.2, 0.25) is 0 Å². The van der Waals surface area contributed by atoms with E-state index < -0.39 is 39.4 Å². The molecule has 2 saturated heterocycles. The van der Waals surface area contributed by atoms with E-state index >= 15 is 4.39 Å². The molecule has 6 rings (SSSR count). The lowest BCUT2D eigenvalue weighted by Gasteiger charge is -2.25. The van der Waals surface area contributed by atoms with Crippen molar-refractivity contribution in [3.63, 3.8) is 0 Å². The van der Waals surface area contributed by atoms with Crippen LogP contribution in [0.5, 0.6) is 11.5 Å². The van der Waals surface area contributed by atoms with Gasteiger partial charge in [0.1, 0.15) is 22.4 Å². The molecule has 3 aliphatic rings. The van der Waals surface area contributed by atoms with Gasteiger partial charge in [-0.05, 0) is 61.9 Å². The van der Waals surface area contributed by atoms with Crippen LogP contribution in [0.25, 0.3) is 10.9 Å². The molecule has 238 valence electrons. The Balaban J connectivity index is 0.00000188. The summed E-state index contributed by atoms with van der Waals surface area (Å²) in [7, 11) is -3.84. The Kier molecular flexibility index (Phi) is 10.2. The Bertz CT molecular complexity index is 1540. The molecule has 3 fully saturated rings. The summed E-state index contributed by atoms with van der Waals surface area (Å²) in [6.45, 7) is 6.26. The number of nitrogens with zero attached hydrogens (tertiary/aromatic N) is 2. The van der Waals surface area contributed by atoms with E-state index in [4.69, 9.17) is 9.47 Å². The van der Waals surface area contributed by atoms with E-state index in [0.29, 0.717) is 30.2 Å². The maximum atomic E-state index is 15.8. The van der Waals surface area contributed by atoms with E-state index in [9.17, 15) is 29.2 Å². The minimum absolute atomic E-state index is 0.0182. The molecule has 2 aromatic carbocycles. The number of aromatic nitrogens is 1. The second kappa shape index (κ2) is 13.7. The van der Waals surface area contributed by atoms with Crippen molar-refractivity contribution < 1.29 is 38.2 Å². The molecule has 5 N–H and O–H groups in total. The number of nitrogens with one attached hydrogen (secondary N) is 1. The van der Waals surface area contributed by atoms with Crippen molar-refractivity contribution in [1.29, 1.82) is 0 Å². The minimum Gasteiger partial charge on any atom is -0.492 e. The van der Waals surface area contributed by atoms with Gasteiger partial charge >= 0.3 is 5.97 Å². The average molecular weight is 650 g/mol. The van der Waals surface area contributed by atoms with E-state index in [1.807, 2.05) is 23.3 Å². The Hall–Kier alpha value is -2.69. The average Bonchev–Trinajstić information content (AvgIpc) is 3.76. The molecule has 0 radical (unpaired) electrons. The van der Waals surface area contributed by atoms with Gasteiger partial charge in [0.2, 0.25) is 5.43 Å². The Morgan fingerprint density at radius 2 is 1.75 bits per heavy atom. The van der Waals surface area contributed by atoms with Crippen LogP contribution in [0.3, 0.4) is 0 Å². The number of fused-ring (bicyclic) bond motifs is 2. The molecular formula is C30H38FN3O8P2. The zero-order valence-corrected chi connectivity index (χ0v) is 26.6. The number of anilines is 1. The zero-order chi connectivity index (χ0) is 31.7. The van der Waals surface area contributed by atoms with Crippen molar-refractivity contribution in [2.45, 2.75) is 57.0 Å². The number of halogens is 1. The second-order valence-corrected chi connectivity index (χ2v) is 13.7. The van der Waals surface area contributed by atoms with Crippen molar-refractivity contribution in [3.8, 4) is 11.5 Å². The van der Waals surface area contributed by atoms with Crippen LogP contribution in [0.15, 0.2) is 41.3 Å². The first-order chi connectivity index (χ1) is 21.2. The number of piperidine rings is 1. The molecule has 2 unspecified atom stereocenters. The topological polar surface area (TPSA) is 154 Å². The molecule has 0 amide bonds. The van der Waals surface area contributed by atoms with E-state index in [0.717, 1.165) is 32.2 Å². The first kappa shape index (κ1) is 32.7. The summed E-state index contributed by atoms with van der Waals surface area (Å²) in [6, 6.07) is 6.96. The van der Waals surface area contributed by atoms with Crippen molar-refractivity contribution in [3.05, 3.63) is 63.7 Å². The second-order valence-electron chi connectivity index (χ2n) is 11.0. The smallest absolute Gasteiger partial charge is 0.349 e. The molecule has 3 aromatic rings. The Labute approximate surface area is 257 Å². The fourth-order valence-corrected chi connectivity index (χ4v) is 7.79. The van der Waals surface area contributed by atoms with E-state index in [1.54, 1.807) is 0 Å². The predicted octanol–water partition coefficient (Wildman–Crippen LogP) is 4.51. The summed E-state index contributed by atoms with van der Waals surface area (Å²) in [5, 5.41) is 2.29. The molecule has 44 heavy (non-hydrogen) atoms. The molecule has 1 aliphatic carbocycles.